The summed E-state index contributed by atoms with van der Waals surface area (Å²) >= 11 is 6.49. The van der Waals surface area contributed by atoms with Gasteiger partial charge < -0.3 is 25.6 Å². The molecular weight excluding hydrogens is 560 g/mol. The third-order valence-corrected chi connectivity index (χ3v) is 11.0. The van der Waals surface area contributed by atoms with E-state index in [9.17, 15) is 19.8 Å². The van der Waals surface area contributed by atoms with Crippen LogP contribution in [-0.4, -0.2) is 101 Å². The molecule has 8 unspecified atom stereocenters. The van der Waals surface area contributed by atoms with Crippen molar-refractivity contribution in [2.24, 2.45) is 28.7 Å². The molecule has 2 aliphatic heterocycles. The summed E-state index contributed by atoms with van der Waals surface area (Å²) in [6.45, 7) is 2.78. The molecule has 11 nitrogen and oxygen atoms in total. The van der Waals surface area contributed by atoms with Gasteiger partial charge in [-0.05, 0) is 77.0 Å². The third-order valence-electron chi connectivity index (χ3n) is 10.5. The molecule has 42 heavy (non-hydrogen) atoms. The summed E-state index contributed by atoms with van der Waals surface area (Å²) in [6.07, 6.45) is 8.61. The monoisotopic (exact) mass is 610 g/mol. The van der Waals surface area contributed by atoms with Gasteiger partial charge in [0.25, 0.3) is 0 Å². The third kappa shape index (κ3) is 7.30. The van der Waals surface area contributed by atoms with Gasteiger partial charge in [-0.15, -0.1) is 11.6 Å². The van der Waals surface area contributed by atoms with Crippen LogP contribution in [0.25, 0.3) is 0 Å². The number of carbonyl (C=O) groups is 2. The maximum absolute atomic E-state index is 13.2. The number of amides is 2. The number of nitrogens with one attached hydrogen (secondary N) is 4. The zero-order valence-electron chi connectivity index (χ0n) is 25.1. The van der Waals surface area contributed by atoms with E-state index < -0.39 is 6.10 Å². The first-order valence-corrected chi connectivity index (χ1v) is 16.6. The summed E-state index contributed by atoms with van der Waals surface area (Å²) in [5.74, 6) is 0.0828. The van der Waals surface area contributed by atoms with Crippen molar-refractivity contribution < 1.29 is 24.5 Å². The molecule has 0 aromatic heterocycles. The fourth-order valence-corrected chi connectivity index (χ4v) is 8.37. The Bertz CT molecular complexity index is 964. The number of methoxy groups -OCH3 is 1. The highest BCUT2D eigenvalue weighted by Gasteiger charge is 2.50. The lowest BCUT2D eigenvalue weighted by Crippen LogP contribution is -2.55. The van der Waals surface area contributed by atoms with E-state index in [1.165, 1.54) is 5.71 Å². The Labute approximate surface area is 254 Å². The van der Waals surface area contributed by atoms with Gasteiger partial charge in [0, 0.05) is 61.7 Å². The van der Waals surface area contributed by atoms with Gasteiger partial charge >= 0.3 is 0 Å². The second-order valence-corrected chi connectivity index (χ2v) is 13.8. The smallest absolute Gasteiger partial charge is 0.223 e. The van der Waals surface area contributed by atoms with Gasteiger partial charge in [-0.25, -0.2) is 10.9 Å². The van der Waals surface area contributed by atoms with E-state index in [-0.39, 0.29) is 66.5 Å². The van der Waals surface area contributed by atoms with Crippen LogP contribution in [0.3, 0.4) is 0 Å². The van der Waals surface area contributed by atoms with Crippen molar-refractivity contribution in [1.82, 2.24) is 26.4 Å². The minimum atomic E-state index is -0.653. The van der Waals surface area contributed by atoms with E-state index in [1.54, 1.807) is 0 Å². The molecule has 4 fully saturated rings. The molecule has 2 heterocycles. The van der Waals surface area contributed by atoms with Gasteiger partial charge in [0.2, 0.25) is 11.8 Å². The van der Waals surface area contributed by atoms with Crippen molar-refractivity contribution in [3.8, 4) is 0 Å². The van der Waals surface area contributed by atoms with Crippen LogP contribution in [0.5, 0.6) is 0 Å². The number of alkyl halides is 1. The Morgan fingerprint density at radius 1 is 1.05 bits per heavy atom. The van der Waals surface area contributed by atoms with Crippen LogP contribution < -0.4 is 21.5 Å². The lowest BCUT2D eigenvalue weighted by atomic mass is 9.72. The Hall–Kier alpha value is -1.34. The van der Waals surface area contributed by atoms with E-state index in [0.29, 0.717) is 50.2 Å². The number of hydrazine groups is 1. The van der Waals surface area contributed by atoms with E-state index in [1.807, 2.05) is 7.11 Å². The molecule has 1 saturated heterocycles. The molecule has 0 aromatic carbocycles. The Morgan fingerprint density at radius 3 is 2.52 bits per heavy atom. The minimum Gasteiger partial charge on any atom is -0.396 e. The SMILES string of the molecule is COC1CCC2C(C1)C(C1CCC(Cl)CC1)=N[C@@H](CC(=O)NCCNC(=O)C1CCC(CO)C(O)C1)C1NNC(C)N21. The summed E-state index contributed by atoms with van der Waals surface area (Å²) in [6, 6.07) is 0.0937. The number of aliphatic imine (C=N–C) groups is 1. The van der Waals surface area contributed by atoms with Crippen LogP contribution in [-0.2, 0) is 14.3 Å². The number of ether oxygens (including phenoxy) is 1. The molecule has 0 aromatic rings. The molecular formula is C30H51ClN6O5. The molecule has 3 saturated carbocycles. The molecule has 238 valence electrons. The largest absolute Gasteiger partial charge is 0.396 e. The summed E-state index contributed by atoms with van der Waals surface area (Å²) in [7, 11) is 1.81. The van der Waals surface area contributed by atoms with Gasteiger partial charge in [0.05, 0.1) is 37.0 Å². The topological polar surface area (TPSA) is 148 Å². The molecule has 12 heteroatoms. The predicted octanol–water partition coefficient (Wildman–Crippen LogP) is 1.26. The number of nitrogens with zero attached hydrogens (tertiary/aromatic N) is 2. The molecule has 0 bridgehead atoms. The maximum atomic E-state index is 13.2. The molecule has 5 aliphatic rings. The Kier molecular flexibility index (Phi) is 11.2. The van der Waals surface area contributed by atoms with Gasteiger partial charge in [0.1, 0.15) is 0 Å². The molecule has 6 N–H and O–H groups in total. The number of fused-ring (bicyclic) bond motifs is 3. The van der Waals surface area contributed by atoms with Crippen molar-refractivity contribution in [2.45, 2.75) is 120 Å². The predicted molar refractivity (Wildman–Crippen MR) is 161 cm³/mol. The fraction of sp³-hybridized carbons (Fsp3) is 0.900. The van der Waals surface area contributed by atoms with Crippen molar-refractivity contribution >= 4 is 29.1 Å². The highest BCUT2D eigenvalue weighted by atomic mass is 35.5. The summed E-state index contributed by atoms with van der Waals surface area (Å²) in [5.41, 5.74) is 8.13. The molecule has 0 radical (unpaired) electrons. The highest BCUT2D eigenvalue weighted by molar-refractivity contribution is 6.20. The number of halogens is 1. The van der Waals surface area contributed by atoms with Crippen LogP contribution in [0.2, 0.25) is 0 Å². The van der Waals surface area contributed by atoms with Crippen LogP contribution in [0, 0.1) is 23.7 Å². The quantitative estimate of drug-likeness (QED) is 0.169. The van der Waals surface area contributed by atoms with E-state index in [2.05, 4.69) is 33.3 Å². The average molecular weight is 611 g/mol. The van der Waals surface area contributed by atoms with Crippen molar-refractivity contribution in [2.75, 3.05) is 26.8 Å². The first kappa shape index (κ1) is 32.1. The van der Waals surface area contributed by atoms with Gasteiger partial charge in [-0.1, -0.05) is 0 Å². The fourth-order valence-electron chi connectivity index (χ4n) is 8.12. The molecule has 5 rings (SSSR count). The number of hydrogen-bond donors (Lipinski definition) is 6. The van der Waals surface area contributed by atoms with Gasteiger partial charge in [-0.2, -0.15) is 0 Å². The highest BCUT2D eigenvalue weighted by Crippen LogP contribution is 2.42. The lowest BCUT2D eigenvalue weighted by Gasteiger charge is -2.44. The number of carbonyl (C=O) groups excluding carboxylic acids is 2. The number of aliphatic hydroxyl groups is 2. The Balaban J connectivity index is 1.22. The standard InChI is InChI=1S/C30H51ClN6O5/c1-17-35-36-29-24(15-27(40)32-11-12-33-30(41)19-3-4-20(16-38)26(39)13-19)34-28(18-5-7-21(31)8-6-18)23-14-22(42-2)9-10-25(23)37(17)29/h17-26,29,35-36,38-39H,3-16H2,1-2H3,(H,32,40)(H,33,41)/t17?,18?,19?,20?,21?,22?,23?,24-,25?,26?,29?/m0/s1. The van der Waals surface area contributed by atoms with Gasteiger partial charge in [-0.3, -0.25) is 19.5 Å². The minimum absolute atomic E-state index is 0.0549. The summed E-state index contributed by atoms with van der Waals surface area (Å²) in [5, 5.41) is 25.6. The van der Waals surface area contributed by atoms with Crippen molar-refractivity contribution in [3.63, 3.8) is 0 Å². The Morgan fingerprint density at radius 2 is 1.81 bits per heavy atom. The van der Waals surface area contributed by atoms with E-state index >= 15 is 0 Å². The van der Waals surface area contributed by atoms with E-state index in [4.69, 9.17) is 21.3 Å². The van der Waals surface area contributed by atoms with Gasteiger partial charge in [0.15, 0.2) is 0 Å². The zero-order chi connectivity index (χ0) is 29.8. The van der Waals surface area contributed by atoms with Crippen LogP contribution in [0.15, 0.2) is 4.99 Å². The second-order valence-electron chi connectivity index (χ2n) is 13.1. The number of hydrogen-bond acceptors (Lipinski definition) is 9. The lowest BCUT2D eigenvalue weighted by molar-refractivity contribution is -0.128. The van der Waals surface area contributed by atoms with Crippen molar-refractivity contribution in [1.29, 1.82) is 0 Å². The van der Waals surface area contributed by atoms with E-state index in [0.717, 1.165) is 44.9 Å². The normalized spacial score (nSPS) is 40.8. The van der Waals surface area contributed by atoms with Crippen LogP contribution in [0.1, 0.15) is 77.6 Å². The maximum Gasteiger partial charge on any atom is 0.223 e. The second kappa shape index (κ2) is 14.6. The number of aliphatic hydroxyl groups excluding tert-OH is 2. The molecule has 0 spiro atoms. The summed E-state index contributed by atoms with van der Waals surface area (Å²) < 4.78 is 5.85. The first-order chi connectivity index (χ1) is 20.3. The van der Waals surface area contributed by atoms with Crippen LogP contribution >= 0.6 is 11.6 Å². The zero-order valence-corrected chi connectivity index (χ0v) is 25.9. The average Bonchev–Trinajstić information content (AvgIpc) is 3.32. The molecule has 3 aliphatic carbocycles. The molecule has 2 amide bonds. The van der Waals surface area contributed by atoms with Crippen LogP contribution in [0.4, 0.5) is 0 Å². The summed E-state index contributed by atoms with van der Waals surface area (Å²) in [4.78, 5) is 33.8. The number of rotatable bonds is 9. The first-order valence-electron chi connectivity index (χ1n) is 16.1. The van der Waals surface area contributed by atoms with Crippen molar-refractivity contribution in [3.05, 3.63) is 0 Å². The molecule has 9 atom stereocenters.